The third-order valence-electron chi connectivity index (χ3n) is 4.36. The minimum Gasteiger partial charge on any atom is -0.466 e. The van der Waals surface area contributed by atoms with E-state index in [-0.39, 0.29) is 16.6 Å². The van der Waals surface area contributed by atoms with Gasteiger partial charge in [0.15, 0.2) is 0 Å². The molecule has 1 fully saturated rings. The van der Waals surface area contributed by atoms with Gasteiger partial charge in [-0.15, -0.1) is 0 Å². The molecule has 0 aliphatic heterocycles. The molecule has 134 valence electrons. The van der Waals surface area contributed by atoms with E-state index in [1.807, 2.05) is 34.6 Å². The summed E-state index contributed by atoms with van der Waals surface area (Å²) in [6.45, 7) is 12.1. The topological polar surface area (TPSA) is 43.4 Å². The van der Waals surface area contributed by atoms with Crippen LogP contribution in [0.1, 0.15) is 67.2 Å². The number of carbonyl (C=O) groups excluding carboxylic acids is 1. The van der Waals surface area contributed by atoms with Gasteiger partial charge in [-0.05, 0) is 46.5 Å². The number of carbonyl (C=O) groups is 1. The van der Waals surface area contributed by atoms with Crippen LogP contribution in [0.4, 0.5) is 0 Å². The van der Waals surface area contributed by atoms with Crippen molar-refractivity contribution < 1.29 is 13.7 Å². The number of hydrogen-bond donors (Lipinski definition) is 0. The average Bonchev–Trinajstić information content (AvgIpc) is 2.93. The molecule has 3 nitrogen and oxygen atoms in total. The first-order valence-electron chi connectivity index (χ1n) is 8.52. The zero-order chi connectivity index (χ0) is 17.8. The van der Waals surface area contributed by atoms with Crippen LogP contribution in [0.5, 0.6) is 0 Å². The van der Waals surface area contributed by atoms with E-state index in [0.717, 1.165) is 25.7 Å². The number of rotatable bonds is 6. The molecular formula is C18H31ClO3S. The third kappa shape index (κ3) is 4.82. The molecule has 2 atom stereocenters. The molecule has 1 saturated carbocycles. The molecule has 0 heterocycles. The van der Waals surface area contributed by atoms with Crippen molar-refractivity contribution in [1.82, 2.24) is 0 Å². The van der Waals surface area contributed by atoms with Crippen LogP contribution < -0.4 is 0 Å². The van der Waals surface area contributed by atoms with E-state index in [4.69, 9.17) is 16.3 Å². The van der Waals surface area contributed by atoms with Gasteiger partial charge in [0.2, 0.25) is 0 Å². The SMILES string of the molecule is CCOC(=O)C(/C=C(\Cl)C1(S(=O)C(C)(C)C)CCCC1)C(C)C. The highest BCUT2D eigenvalue weighted by atomic mass is 35.5. The van der Waals surface area contributed by atoms with Gasteiger partial charge < -0.3 is 4.74 Å². The highest BCUT2D eigenvalue weighted by Crippen LogP contribution is 2.46. The molecule has 23 heavy (non-hydrogen) atoms. The fourth-order valence-corrected chi connectivity index (χ4v) is 5.74. The van der Waals surface area contributed by atoms with Gasteiger partial charge in [0.25, 0.3) is 0 Å². The fourth-order valence-electron chi connectivity index (χ4n) is 3.13. The maximum Gasteiger partial charge on any atom is 0.313 e. The molecular weight excluding hydrogens is 332 g/mol. The Morgan fingerprint density at radius 1 is 1.30 bits per heavy atom. The molecule has 0 bridgehead atoms. The second kappa shape index (κ2) is 8.15. The van der Waals surface area contributed by atoms with Gasteiger partial charge in [-0.1, -0.05) is 44.4 Å². The lowest BCUT2D eigenvalue weighted by Gasteiger charge is -2.35. The Bertz CT molecular complexity index is 471. The summed E-state index contributed by atoms with van der Waals surface area (Å²) < 4.78 is 17.5. The van der Waals surface area contributed by atoms with E-state index in [0.29, 0.717) is 11.6 Å². The van der Waals surface area contributed by atoms with Crippen molar-refractivity contribution in [2.24, 2.45) is 11.8 Å². The second-order valence-electron chi connectivity index (χ2n) is 7.62. The number of hydrogen-bond acceptors (Lipinski definition) is 3. The predicted molar refractivity (Wildman–Crippen MR) is 98.0 cm³/mol. The van der Waals surface area contributed by atoms with Crippen molar-refractivity contribution in [3.05, 3.63) is 11.1 Å². The van der Waals surface area contributed by atoms with Crippen molar-refractivity contribution in [3.63, 3.8) is 0 Å². The summed E-state index contributed by atoms with van der Waals surface area (Å²) in [7, 11) is -1.10. The number of halogens is 1. The van der Waals surface area contributed by atoms with Crippen molar-refractivity contribution in [3.8, 4) is 0 Å². The maximum absolute atomic E-state index is 13.1. The summed E-state index contributed by atoms with van der Waals surface area (Å²) in [6, 6.07) is 0. The van der Waals surface area contributed by atoms with Crippen LogP contribution in [0.25, 0.3) is 0 Å². The molecule has 1 aliphatic rings. The van der Waals surface area contributed by atoms with E-state index in [9.17, 15) is 9.00 Å². The molecule has 0 aromatic rings. The Morgan fingerprint density at radius 3 is 2.22 bits per heavy atom. The third-order valence-corrected chi connectivity index (χ3v) is 7.41. The molecule has 0 aromatic heterocycles. The second-order valence-corrected chi connectivity index (χ2v) is 10.6. The smallest absolute Gasteiger partial charge is 0.313 e. The van der Waals surface area contributed by atoms with Crippen molar-refractivity contribution >= 4 is 28.4 Å². The normalized spacial score (nSPS) is 21.3. The predicted octanol–water partition coefficient (Wildman–Crippen LogP) is 4.80. The lowest BCUT2D eigenvalue weighted by molar-refractivity contribution is -0.147. The van der Waals surface area contributed by atoms with Crippen LogP contribution in [0.15, 0.2) is 11.1 Å². The molecule has 0 amide bonds. The van der Waals surface area contributed by atoms with E-state index in [1.54, 1.807) is 13.0 Å². The van der Waals surface area contributed by atoms with Crippen LogP contribution in [0.2, 0.25) is 0 Å². The average molecular weight is 363 g/mol. The summed E-state index contributed by atoms with van der Waals surface area (Å²) in [5.41, 5.74) is 0. The highest BCUT2D eigenvalue weighted by molar-refractivity contribution is 7.88. The summed E-state index contributed by atoms with van der Waals surface area (Å²) in [5.74, 6) is -0.559. The van der Waals surface area contributed by atoms with Gasteiger partial charge in [0, 0.05) is 20.6 Å². The summed E-state index contributed by atoms with van der Waals surface area (Å²) in [6.07, 6.45) is 5.49. The maximum atomic E-state index is 13.1. The summed E-state index contributed by atoms with van der Waals surface area (Å²) in [4.78, 5) is 12.2. The lowest BCUT2D eigenvalue weighted by atomic mass is 9.93. The molecule has 1 aliphatic carbocycles. The van der Waals surface area contributed by atoms with E-state index < -0.39 is 21.5 Å². The standard InChI is InChI=1S/C18H31ClO3S/c1-7-22-16(20)14(13(2)3)12-15(19)18(10-8-9-11-18)23(21)17(4,5)6/h12-14H,7-11H2,1-6H3/b15-12-. The van der Waals surface area contributed by atoms with Crippen LogP contribution in [0, 0.1) is 11.8 Å². The molecule has 0 radical (unpaired) electrons. The van der Waals surface area contributed by atoms with Crippen LogP contribution in [-0.4, -0.2) is 26.3 Å². The molecule has 5 heteroatoms. The zero-order valence-electron chi connectivity index (χ0n) is 15.3. The summed E-state index contributed by atoms with van der Waals surface area (Å²) in [5, 5.41) is 0.579. The monoisotopic (exact) mass is 362 g/mol. The van der Waals surface area contributed by atoms with Crippen molar-refractivity contribution in [1.29, 1.82) is 0 Å². The molecule has 0 aromatic carbocycles. The van der Waals surface area contributed by atoms with Crippen LogP contribution in [0.3, 0.4) is 0 Å². The summed E-state index contributed by atoms with van der Waals surface area (Å²) >= 11 is 6.69. The first kappa shape index (κ1) is 20.7. The van der Waals surface area contributed by atoms with E-state index in [2.05, 4.69) is 0 Å². The molecule has 2 unspecified atom stereocenters. The zero-order valence-corrected chi connectivity index (χ0v) is 16.9. The van der Waals surface area contributed by atoms with E-state index >= 15 is 0 Å². The first-order chi connectivity index (χ1) is 10.6. The molecule has 0 N–H and O–H groups in total. The highest BCUT2D eigenvalue weighted by Gasteiger charge is 2.47. The van der Waals surface area contributed by atoms with Crippen molar-refractivity contribution in [2.45, 2.75) is 76.7 Å². The van der Waals surface area contributed by atoms with Crippen LogP contribution in [-0.2, 0) is 20.3 Å². The van der Waals surface area contributed by atoms with Gasteiger partial charge in [-0.25, -0.2) is 0 Å². The Morgan fingerprint density at radius 2 is 1.83 bits per heavy atom. The minimum absolute atomic E-state index is 0.0873. The Labute approximate surface area is 148 Å². The minimum atomic E-state index is -1.10. The fraction of sp³-hybridized carbons (Fsp3) is 0.833. The number of esters is 1. The van der Waals surface area contributed by atoms with Gasteiger partial charge in [-0.2, -0.15) is 0 Å². The first-order valence-corrected chi connectivity index (χ1v) is 10.1. The Balaban J connectivity index is 3.20. The Hall–Kier alpha value is -0.350. The van der Waals surface area contributed by atoms with E-state index in [1.165, 1.54) is 0 Å². The van der Waals surface area contributed by atoms with Gasteiger partial charge >= 0.3 is 5.97 Å². The Kier molecular flexibility index (Phi) is 7.34. The van der Waals surface area contributed by atoms with Gasteiger partial charge in [-0.3, -0.25) is 9.00 Å². The quantitative estimate of drug-likeness (QED) is 0.637. The van der Waals surface area contributed by atoms with Gasteiger partial charge in [0.05, 0.1) is 17.3 Å². The number of ether oxygens (including phenoxy) is 1. The lowest BCUT2D eigenvalue weighted by Crippen LogP contribution is -2.42. The van der Waals surface area contributed by atoms with Gasteiger partial charge in [0.1, 0.15) is 0 Å². The molecule has 1 rings (SSSR count). The van der Waals surface area contributed by atoms with Crippen molar-refractivity contribution in [2.75, 3.05) is 6.61 Å². The largest absolute Gasteiger partial charge is 0.466 e. The van der Waals surface area contributed by atoms with Crippen LogP contribution >= 0.6 is 11.6 Å². The molecule has 0 spiro atoms. The molecule has 0 saturated heterocycles.